The Morgan fingerprint density at radius 3 is 2.47 bits per heavy atom. The predicted molar refractivity (Wildman–Crippen MR) is 116 cm³/mol. The Balaban J connectivity index is 1.53. The van der Waals surface area contributed by atoms with Gasteiger partial charge < -0.3 is 5.32 Å². The van der Waals surface area contributed by atoms with Gasteiger partial charge in [0.1, 0.15) is 10.7 Å². The molecule has 0 aliphatic heterocycles. The maximum Gasteiger partial charge on any atom is 0.255 e. The molecule has 1 aromatic heterocycles. The van der Waals surface area contributed by atoms with Crippen LogP contribution >= 0.6 is 0 Å². The Morgan fingerprint density at radius 2 is 1.84 bits per heavy atom. The molecular weight excluding hydrogens is 435 g/mol. The van der Waals surface area contributed by atoms with E-state index in [1.165, 1.54) is 6.07 Å². The lowest BCUT2D eigenvalue weighted by atomic mass is 10.1. The molecule has 1 N–H and O–H groups in total. The molecule has 168 valence electrons. The number of aromatic nitrogens is 4. The van der Waals surface area contributed by atoms with E-state index in [1.807, 2.05) is 0 Å². The number of halogens is 1. The van der Waals surface area contributed by atoms with Gasteiger partial charge in [-0.3, -0.25) is 4.79 Å². The van der Waals surface area contributed by atoms with Crippen molar-refractivity contribution in [2.75, 3.05) is 18.4 Å². The van der Waals surface area contributed by atoms with Gasteiger partial charge in [-0.1, -0.05) is 13.8 Å². The van der Waals surface area contributed by atoms with Crippen LogP contribution in [0.1, 0.15) is 43.1 Å². The second-order valence-electron chi connectivity index (χ2n) is 7.44. The zero-order valence-electron chi connectivity index (χ0n) is 17.7. The summed E-state index contributed by atoms with van der Waals surface area (Å²) in [7, 11) is -4.04. The first-order valence-electron chi connectivity index (χ1n) is 10.3. The fraction of sp³-hybridized carbons (Fsp3) is 0.333. The molecule has 0 atom stereocenters. The van der Waals surface area contributed by atoms with Crippen molar-refractivity contribution in [3.05, 3.63) is 53.8 Å². The number of sulfonamides is 1. The lowest BCUT2D eigenvalue weighted by Gasteiger charge is -2.19. The number of benzene rings is 2. The summed E-state index contributed by atoms with van der Waals surface area (Å²) in [6.07, 6.45) is 2.10. The number of hydrogen-bond acceptors (Lipinski definition) is 6. The third-order valence-electron chi connectivity index (χ3n) is 5.30. The number of nitrogens with one attached hydrogen (secondary N) is 1. The highest BCUT2D eigenvalue weighted by Gasteiger charge is 2.28. The van der Waals surface area contributed by atoms with Crippen LogP contribution in [0.5, 0.6) is 0 Å². The molecule has 1 aliphatic carbocycles. The maximum atomic E-state index is 14.3. The van der Waals surface area contributed by atoms with E-state index in [2.05, 4.69) is 20.8 Å². The first-order valence-corrected chi connectivity index (χ1v) is 11.8. The fourth-order valence-electron chi connectivity index (χ4n) is 3.40. The second kappa shape index (κ2) is 8.75. The van der Waals surface area contributed by atoms with Gasteiger partial charge in [-0.2, -0.15) is 4.31 Å². The van der Waals surface area contributed by atoms with Crippen molar-refractivity contribution in [3.8, 4) is 11.4 Å². The van der Waals surface area contributed by atoms with Crippen molar-refractivity contribution in [2.45, 2.75) is 37.6 Å². The van der Waals surface area contributed by atoms with Crippen LogP contribution in [-0.2, 0) is 10.0 Å². The monoisotopic (exact) mass is 458 g/mol. The number of nitrogens with zero attached hydrogens (tertiary/aromatic N) is 5. The lowest BCUT2D eigenvalue weighted by molar-refractivity contribution is 0.102. The maximum absolute atomic E-state index is 14.3. The standard InChI is InChI=1S/C21H23FN6O3S/c1-3-27(4-2)32(30,31)19-13-15(7-12-18(19)22)21(29)23-16-8-5-14(6-9-16)20-24-25-26-28(20)17-10-11-17/h5-9,12-13,17H,3-4,10-11H2,1-2H3,(H,23,29). The van der Waals surface area contributed by atoms with Crippen LogP contribution in [0.3, 0.4) is 0 Å². The number of tetrazole rings is 1. The lowest BCUT2D eigenvalue weighted by Crippen LogP contribution is -2.31. The van der Waals surface area contributed by atoms with E-state index in [-0.39, 0.29) is 18.7 Å². The molecule has 32 heavy (non-hydrogen) atoms. The van der Waals surface area contributed by atoms with E-state index in [0.29, 0.717) is 17.6 Å². The van der Waals surface area contributed by atoms with Crippen LogP contribution in [0, 0.1) is 5.82 Å². The van der Waals surface area contributed by atoms with Crippen LogP contribution < -0.4 is 5.32 Å². The molecule has 4 rings (SSSR count). The summed E-state index contributed by atoms with van der Waals surface area (Å²) < 4.78 is 42.7. The van der Waals surface area contributed by atoms with E-state index in [0.717, 1.165) is 34.8 Å². The average molecular weight is 459 g/mol. The molecule has 9 nitrogen and oxygen atoms in total. The molecule has 2 aromatic carbocycles. The van der Waals surface area contributed by atoms with E-state index < -0.39 is 26.6 Å². The first kappa shape index (κ1) is 22.0. The molecular formula is C21H23FN6O3S. The molecule has 0 radical (unpaired) electrons. The quantitative estimate of drug-likeness (QED) is 0.555. The Hall–Kier alpha value is -3.18. The number of rotatable bonds is 8. The van der Waals surface area contributed by atoms with Gasteiger partial charge in [0.15, 0.2) is 5.82 Å². The topological polar surface area (TPSA) is 110 Å². The van der Waals surface area contributed by atoms with Crippen molar-refractivity contribution in [2.24, 2.45) is 0 Å². The molecule has 1 saturated carbocycles. The smallest absolute Gasteiger partial charge is 0.255 e. The Bertz CT molecular complexity index is 1230. The Labute approximate surface area is 185 Å². The first-order chi connectivity index (χ1) is 15.3. The highest BCUT2D eigenvalue weighted by Crippen LogP contribution is 2.36. The molecule has 11 heteroatoms. The van der Waals surface area contributed by atoms with Crippen molar-refractivity contribution < 1.29 is 17.6 Å². The van der Waals surface area contributed by atoms with Crippen molar-refractivity contribution >= 4 is 21.6 Å². The van der Waals surface area contributed by atoms with Crippen LogP contribution in [-0.4, -0.2) is 51.9 Å². The summed E-state index contributed by atoms with van der Waals surface area (Å²) in [5.41, 5.74) is 1.36. The third-order valence-corrected chi connectivity index (χ3v) is 7.37. The third kappa shape index (κ3) is 4.26. The van der Waals surface area contributed by atoms with Gasteiger partial charge in [0.2, 0.25) is 10.0 Å². The van der Waals surface area contributed by atoms with Gasteiger partial charge in [-0.25, -0.2) is 17.5 Å². The summed E-state index contributed by atoms with van der Waals surface area (Å²) in [5.74, 6) is -0.780. The van der Waals surface area contributed by atoms with Crippen molar-refractivity contribution in [1.82, 2.24) is 24.5 Å². The highest BCUT2D eigenvalue weighted by molar-refractivity contribution is 7.89. The van der Waals surface area contributed by atoms with E-state index in [1.54, 1.807) is 42.8 Å². The van der Waals surface area contributed by atoms with Gasteiger partial charge in [0, 0.05) is 29.9 Å². The molecule has 0 unspecified atom stereocenters. The fourth-order valence-corrected chi connectivity index (χ4v) is 4.95. The summed E-state index contributed by atoms with van der Waals surface area (Å²) >= 11 is 0. The summed E-state index contributed by atoms with van der Waals surface area (Å²) in [4.78, 5) is 12.2. The van der Waals surface area contributed by atoms with Gasteiger partial charge in [-0.15, -0.1) is 5.10 Å². The molecule has 0 spiro atoms. The number of carbonyl (C=O) groups excluding carboxylic acids is 1. The summed E-state index contributed by atoms with van der Waals surface area (Å²) in [6.45, 7) is 3.74. The normalized spacial score (nSPS) is 14.0. The zero-order valence-corrected chi connectivity index (χ0v) is 18.5. The number of amides is 1. The van der Waals surface area contributed by atoms with Gasteiger partial charge in [0.25, 0.3) is 5.91 Å². The predicted octanol–water partition coefficient (Wildman–Crippen LogP) is 3.10. The van der Waals surface area contributed by atoms with E-state index in [9.17, 15) is 17.6 Å². The molecule has 0 bridgehead atoms. The molecule has 3 aromatic rings. The minimum Gasteiger partial charge on any atom is -0.322 e. The Morgan fingerprint density at radius 1 is 1.16 bits per heavy atom. The summed E-state index contributed by atoms with van der Waals surface area (Å²) in [5, 5.41) is 14.5. The van der Waals surface area contributed by atoms with Crippen LogP contribution in [0.25, 0.3) is 11.4 Å². The zero-order chi connectivity index (χ0) is 22.9. The van der Waals surface area contributed by atoms with E-state index in [4.69, 9.17) is 0 Å². The number of carbonyl (C=O) groups is 1. The molecule has 1 amide bonds. The van der Waals surface area contributed by atoms with Crippen LogP contribution in [0.2, 0.25) is 0 Å². The van der Waals surface area contributed by atoms with Crippen molar-refractivity contribution in [1.29, 1.82) is 0 Å². The minimum absolute atomic E-state index is 0.0406. The SMILES string of the molecule is CCN(CC)S(=O)(=O)c1cc(C(=O)Nc2ccc(-c3nnnn3C3CC3)cc2)ccc1F. The summed E-state index contributed by atoms with van der Waals surface area (Å²) in [6, 6.07) is 10.6. The van der Waals surface area contributed by atoms with Crippen LogP contribution in [0.4, 0.5) is 10.1 Å². The molecule has 1 heterocycles. The van der Waals surface area contributed by atoms with Gasteiger partial charge >= 0.3 is 0 Å². The number of hydrogen-bond donors (Lipinski definition) is 1. The van der Waals surface area contributed by atoms with Crippen LogP contribution in [0.15, 0.2) is 47.4 Å². The molecule has 1 fully saturated rings. The van der Waals surface area contributed by atoms with Gasteiger partial charge in [-0.05, 0) is 65.7 Å². The molecule has 1 aliphatic rings. The van der Waals surface area contributed by atoms with Crippen molar-refractivity contribution in [3.63, 3.8) is 0 Å². The van der Waals surface area contributed by atoms with Gasteiger partial charge in [0.05, 0.1) is 6.04 Å². The second-order valence-corrected chi connectivity index (χ2v) is 9.35. The largest absolute Gasteiger partial charge is 0.322 e. The minimum atomic E-state index is -4.04. The molecule has 0 saturated heterocycles. The number of anilines is 1. The Kier molecular flexibility index (Phi) is 6.02. The van der Waals surface area contributed by atoms with E-state index >= 15 is 0 Å². The average Bonchev–Trinajstić information content (AvgIpc) is 3.51. The highest BCUT2D eigenvalue weighted by atomic mass is 32.2.